The summed E-state index contributed by atoms with van der Waals surface area (Å²) in [4.78, 5) is 44.3. The molecule has 2 aromatic heterocycles. The molecule has 3 aromatic rings. The number of fused-ring (bicyclic) bond motifs is 3. The third-order valence-corrected chi connectivity index (χ3v) is 6.44. The minimum absolute atomic E-state index is 0.0801. The van der Waals surface area contributed by atoms with E-state index in [1.165, 1.54) is 16.7 Å². The zero-order valence-corrected chi connectivity index (χ0v) is 19.4. The van der Waals surface area contributed by atoms with E-state index >= 15 is 0 Å². The number of nitrogens with zero attached hydrogens (tertiary/aromatic N) is 7. The fraction of sp³-hybridized carbons (Fsp3) is 0.364. The number of rotatable bonds is 4. The van der Waals surface area contributed by atoms with Gasteiger partial charge in [-0.3, -0.25) is 9.59 Å². The SMILES string of the molecule is CSc1ncc2c(n1)N1CCC[C@H]1CN(c1cccc(-c3noc(C(=O)N(C)C)n3)c1)C2=O. The highest BCUT2D eigenvalue weighted by Crippen LogP contribution is 2.35. The first-order valence-electron chi connectivity index (χ1n) is 10.6. The molecule has 1 aromatic carbocycles. The second-order valence-electron chi connectivity index (χ2n) is 8.17. The molecule has 0 N–H and O–H groups in total. The molecule has 2 amide bonds. The lowest BCUT2D eigenvalue weighted by molar-refractivity contribution is 0.0779. The van der Waals surface area contributed by atoms with Gasteiger partial charge in [0.25, 0.3) is 5.91 Å². The smallest absolute Gasteiger partial charge is 0.316 e. The van der Waals surface area contributed by atoms with Crippen LogP contribution in [0.15, 0.2) is 40.1 Å². The molecular formula is C22H23N7O3S. The van der Waals surface area contributed by atoms with Gasteiger partial charge in [0.05, 0.1) is 0 Å². The van der Waals surface area contributed by atoms with Crippen molar-refractivity contribution in [2.75, 3.05) is 43.2 Å². The number of hydrogen-bond donors (Lipinski definition) is 0. The Morgan fingerprint density at radius 1 is 1.27 bits per heavy atom. The highest BCUT2D eigenvalue weighted by atomic mass is 32.2. The van der Waals surface area contributed by atoms with Crippen LogP contribution >= 0.6 is 11.8 Å². The minimum Gasteiger partial charge on any atom is -0.351 e. The predicted molar refractivity (Wildman–Crippen MR) is 124 cm³/mol. The summed E-state index contributed by atoms with van der Waals surface area (Å²) in [6, 6.07) is 7.57. The quantitative estimate of drug-likeness (QED) is 0.424. The van der Waals surface area contributed by atoms with Crippen LogP contribution in [0.25, 0.3) is 11.4 Å². The third kappa shape index (κ3) is 3.82. The molecule has 170 valence electrons. The molecule has 5 rings (SSSR count). The number of benzene rings is 1. The van der Waals surface area contributed by atoms with E-state index in [4.69, 9.17) is 4.52 Å². The van der Waals surface area contributed by atoms with Crippen molar-refractivity contribution < 1.29 is 14.1 Å². The molecule has 2 aliphatic heterocycles. The summed E-state index contributed by atoms with van der Waals surface area (Å²) < 4.78 is 5.14. The molecule has 1 saturated heterocycles. The zero-order valence-electron chi connectivity index (χ0n) is 18.6. The van der Waals surface area contributed by atoms with Crippen LogP contribution in [-0.2, 0) is 0 Å². The molecule has 0 radical (unpaired) electrons. The molecule has 0 aliphatic carbocycles. The molecule has 1 atom stereocenters. The first kappa shape index (κ1) is 21.4. The van der Waals surface area contributed by atoms with E-state index in [1.54, 1.807) is 25.2 Å². The van der Waals surface area contributed by atoms with Gasteiger partial charge < -0.3 is 19.2 Å². The van der Waals surface area contributed by atoms with Crippen molar-refractivity contribution in [2.24, 2.45) is 0 Å². The van der Waals surface area contributed by atoms with E-state index in [0.29, 0.717) is 34.5 Å². The van der Waals surface area contributed by atoms with E-state index in [9.17, 15) is 9.59 Å². The van der Waals surface area contributed by atoms with Crippen molar-refractivity contribution in [3.63, 3.8) is 0 Å². The van der Waals surface area contributed by atoms with Gasteiger partial charge in [0.2, 0.25) is 5.82 Å². The van der Waals surface area contributed by atoms with Crippen LogP contribution in [0.2, 0.25) is 0 Å². The van der Waals surface area contributed by atoms with E-state index < -0.39 is 0 Å². The molecule has 4 heterocycles. The Morgan fingerprint density at radius 3 is 2.91 bits per heavy atom. The lowest BCUT2D eigenvalue weighted by Crippen LogP contribution is -2.39. The number of hydrogen-bond acceptors (Lipinski definition) is 9. The van der Waals surface area contributed by atoms with Crippen LogP contribution < -0.4 is 9.80 Å². The molecule has 1 fully saturated rings. The van der Waals surface area contributed by atoms with Gasteiger partial charge in [0, 0.05) is 50.7 Å². The largest absolute Gasteiger partial charge is 0.351 e. The van der Waals surface area contributed by atoms with Crippen molar-refractivity contribution in [1.29, 1.82) is 0 Å². The maximum absolute atomic E-state index is 13.6. The molecule has 0 unspecified atom stereocenters. The average Bonchev–Trinajstić information content (AvgIpc) is 3.49. The summed E-state index contributed by atoms with van der Waals surface area (Å²) in [6.45, 7) is 1.42. The number of amides is 2. The lowest BCUT2D eigenvalue weighted by atomic mass is 10.1. The Morgan fingerprint density at radius 2 is 2.12 bits per heavy atom. The zero-order chi connectivity index (χ0) is 23.1. The molecule has 10 nitrogen and oxygen atoms in total. The third-order valence-electron chi connectivity index (χ3n) is 5.88. The Hall–Kier alpha value is -3.47. The fourth-order valence-electron chi connectivity index (χ4n) is 4.22. The highest BCUT2D eigenvalue weighted by Gasteiger charge is 2.37. The van der Waals surface area contributed by atoms with Gasteiger partial charge in [-0.15, -0.1) is 0 Å². The molecule has 2 aliphatic rings. The number of carbonyl (C=O) groups is 2. The van der Waals surface area contributed by atoms with Crippen molar-refractivity contribution in [2.45, 2.75) is 24.0 Å². The number of aromatic nitrogens is 4. The van der Waals surface area contributed by atoms with Crippen LogP contribution in [0.5, 0.6) is 0 Å². The fourth-order valence-corrected chi connectivity index (χ4v) is 4.56. The van der Waals surface area contributed by atoms with Crippen LogP contribution in [0.3, 0.4) is 0 Å². The Kier molecular flexibility index (Phi) is 5.49. The Labute approximate surface area is 195 Å². The highest BCUT2D eigenvalue weighted by molar-refractivity contribution is 7.98. The van der Waals surface area contributed by atoms with Gasteiger partial charge in [-0.25, -0.2) is 9.97 Å². The number of thioether (sulfide) groups is 1. The lowest BCUT2D eigenvalue weighted by Gasteiger charge is -2.27. The Balaban J connectivity index is 1.52. The van der Waals surface area contributed by atoms with Crippen molar-refractivity contribution in [3.05, 3.63) is 41.9 Å². The van der Waals surface area contributed by atoms with Gasteiger partial charge in [-0.1, -0.05) is 29.1 Å². The van der Waals surface area contributed by atoms with Crippen molar-refractivity contribution in [3.8, 4) is 11.4 Å². The molecule has 0 saturated carbocycles. The van der Waals surface area contributed by atoms with Crippen LogP contribution in [-0.4, -0.2) is 76.3 Å². The van der Waals surface area contributed by atoms with E-state index in [-0.39, 0.29) is 23.7 Å². The van der Waals surface area contributed by atoms with Crippen LogP contribution in [0, 0.1) is 0 Å². The van der Waals surface area contributed by atoms with Crippen LogP contribution in [0.1, 0.15) is 33.9 Å². The summed E-state index contributed by atoms with van der Waals surface area (Å²) in [7, 11) is 3.24. The second kappa shape index (κ2) is 8.47. The summed E-state index contributed by atoms with van der Waals surface area (Å²) in [5.74, 6) is 0.421. The molecular weight excluding hydrogens is 442 g/mol. The van der Waals surface area contributed by atoms with Gasteiger partial charge in [0.1, 0.15) is 11.4 Å². The summed E-state index contributed by atoms with van der Waals surface area (Å²) in [5, 5.41) is 4.61. The Bertz CT molecular complexity index is 1230. The monoisotopic (exact) mass is 465 g/mol. The van der Waals surface area contributed by atoms with Crippen molar-refractivity contribution >= 4 is 35.1 Å². The summed E-state index contributed by atoms with van der Waals surface area (Å²) in [6.07, 6.45) is 5.60. The topological polar surface area (TPSA) is 109 Å². The molecule has 11 heteroatoms. The first-order chi connectivity index (χ1) is 16.0. The van der Waals surface area contributed by atoms with Gasteiger partial charge in [0.15, 0.2) is 5.16 Å². The van der Waals surface area contributed by atoms with Gasteiger partial charge in [-0.2, -0.15) is 4.98 Å². The second-order valence-corrected chi connectivity index (χ2v) is 8.95. The number of anilines is 2. The standard InChI is InChI=1S/C22H23N7O3S/c1-27(2)21(31)19-24-17(26-32-19)13-6-4-7-14(10-13)29-12-15-8-5-9-28(15)18-16(20(29)30)11-23-22(25-18)33-3/h4,6-7,10-11,15H,5,8-9,12H2,1-3H3/t15-/m0/s1. The van der Waals surface area contributed by atoms with Crippen molar-refractivity contribution in [1.82, 2.24) is 25.0 Å². The maximum Gasteiger partial charge on any atom is 0.316 e. The molecule has 0 spiro atoms. The first-order valence-corrected chi connectivity index (χ1v) is 11.8. The maximum atomic E-state index is 13.6. The minimum atomic E-state index is -0.366. The molecule has 0 bridgehead atoms. The van der Waals surface area contributed by atoms with Gasteiger partial charge >= 0.3 is 11.8 Å². The molecule has 33 heavy (non-hydrogen) atoms. The van der Waals surface area contributed by atoms with Crippen LogP contribution in [0.4, 0.5) is 11.5 Å². The summed E-state index contributed by atoms with van der Waals surface area (Å²) in [5.41, 5.74) is 1.88. The average molecular weight is 466 g/mol. The van der Waals surface area contributed by atoms with E-state index in [0.717, 1.165) is 25.1 Å². The van der Waals surface area contributed by atoms with E-state index in [2.05, 4.69) is 25.0 Å². The van der Waals surface area contributed by atoms with Gasteiger partial charge in [-0.05, 0) is 31.2 Å². The number of carbonyl (C=O) groups excluding carboxylic acids is 2. The van der Waals surface area contributed by atoms with E-state index in [1.807, 2.05) is 30.5 Å². The normalized spacial score (nSPS) is 17.5. The predicted octanol–water partition coefficient (Wildman–Crippen LogP) is 2.58. The summed E-state index contributed by atoms with van der Waals surface area (Å²) >= 11 is 1.46.